The minimum Gasteiger partial charge on any atom is -0.321 e. The van der Waals surface area contributed by atoms with Crippen LogP contribution in [0.3, 0.4) is 0 Å². The van der Waals surface area contributed by atoms with E-state index in [1.54, 1.807) is 6.07 Å². The van der Waals surface area contributed by atoms with Crippen molar-refractivity contribution in [2.45, 2.75) is 38.1 Å². The summed E-state index contributed by atoms with van der Waals surface area (Å²) in [6, 6.07) is 18.4. The molecular weight excluding hydrogens is 482 g/mol. The average molecular weight is 510 g/mol. The average Bonchev–Trinajstić information content (AvgIpc) is 3.40. The van der Waals surface area contributed by atoms with E-state index in [4.69, 9.17) is 9.65 Å². The van der Waals surface area contributed by atoms with Gasteiger partial charge in [0, 0.05) is 11.6 Å². The Labute approximate surface area is 211 Å². The maximum atomic E-state index is 12.3. The van der Waals surface area contributed by atoms with Gasteiger partial charge in [0.05, 0.1) is 22.9 Å². The van der Waals surface area contributed by atoms with Crippen LogP contribution in [0.25, 0.3) is 0 Å². The fraction of sp³-hybridized carbons (Fsp3) is 0.269. The zero-order valence-electron chi connectivity index (χ0n) is 19.3. The number of benzene rings is 2. The predicted octanol–water partition coefficient (Wildman–Crippen LogP) is 4.93. The summed E-state index contributed by atoms with van der Waals surface area (Å²) in [6.45, 7) is 2.55. The first-order valence-electron chi connectivity index (χ1n) is 11.4. The molecule has 0 saturated heterocycles. The first kappa shape index (κ1) is 25.0. The number of amides is 1. The highest BCUT2D eigenvalue weighted by Crippen LogP contribution is 2.28. The van der Waals surface area contributed by atoms with Gasteiger partial charge in [0.25, 0.3) is 5.91 Å². The monoisotopic (exact) mass is 509 g/mol. The summed E-state index contributed by atoms with van der Waals surface area (Å²) in [7, 11) is 0. The Morgan fingerprint density at radius 1 is 1.17 bits per heavy atom. The molecule has 2 aromatic carbocycles. The van der Waals surface area contributed by atoms with E-state index < -0.39 is 11.1 Å². The van der Waals surface area contributed by atoms with Crippen LogP contribution in [-0.2, 0) is 28.2 Å². The largest absolute Gasteiger partial charge is 0.321 e. The molecule has 0 fully saturated rings. The molecule has 0 saturated carbocycles. The van der Waals surface area contributed by atoms with Gasteiger partial charge in [0.2, 0.25) is 0 Å². The first-order valence-corrected chi connectivity index (χ1v) is 13.5. The van der Waals surface area contributed by atoms with Crippen molar-refractivity contribution in [3.8, 4) is 0 Å². The highest BCUT2D eigenvalue weighted by atomic mass is 32.2. The number of nitrogens with zero attached hydrogens (tertiary/aromatic N) is 2. The standard InChI is InChI=1S/C26H27N3O4S2/c1-2-20-14-23(16-30)29(28-25(20)21-9-5-19(6-10-21)17-35(32)33)15-18-7-11-22(12-8-18)27-26(31)24-4-3-13-34-24/h3-13,16,20,23H,2,14-15,17H2,1H3,(H,27,31)(H,32,33). The van der Waals surface area contributed by atoms with Gasteiger partial charge in [-0.2, -0.15) is 5.10 Å². The number of hydrazone groups is 1. The quantitative estimate of drug-likeness (QED) is 0.315. The van der Waals surface area contributed by atoms with Crippen LogP contribution in [0.15, 0.2) is 71.1 Å². The first-order chi connectivity index (χ1) is 17.0. The SMILES string of the molecule is CCC1CC(C=O)N(Cc2ccc(NC(=O)c3cccs3)cc2)N=C1c1ccc(CS(=O)O)cc1. The van der Waals surface area contributed by atoms with Crippen molar-refractivity contribution < 1.29 is 18.4 Å². The fourth-order valence-corrected chi connectivity index (χ4v) is 5.24. The number of aldehydes is 1. The molecule has 182 valence electrons. The molecule has 3 aromatic rings. The second-order valence-electron chi connectivity index (χ2n) is 8.42. The molecule has 2 N–H and O–H groups in total. The normalized spacial score (nSPS) is 18.6. The van der Waals surface area contributed by atoms with Crippen molar-refractivity contribution in [2.75, 3.05) is 5.32 Å². The second-order valence-corrected chi connectivity index (χ2v) is 10.3. The molecule has 7 nitrogen and oxygen atoms in total. The summed E-state index contributed by atoms with van der Waals surface area (Å²) < 4.78 is 20.2. The van der Waals surface area contributed by atoms with Crippen LogP contribution < -0.4 is 5.32 Å². The number of hydrogen-bond donors (Lipinski definition) is 2. The third-order valence-electron chi connectivity index (χ3n) is 6.02. The van der Waals surface area contributed by atoms with Crippen molar-refractivity contribution in [1.82, 2.24) is 5.01 Å². The molecule has 0 bridgehead atoms. The van der Waals surface area contributed by atoms with E-state index in [2.05, 4.69) is 12.2 Å². The minimum atomic E-state index is -1.88. The second kappa shape index (κ2) is 11.5. The molecule has 0 aliphatic carbocycles. The molecule has 4 rings (SSSR count). The van der Waals surface area contributed by atoms with Gasteiger partial charge in [-0.25, -0.2) is 4.21 Å². The van der Waals surface area contributed by atoms with Crippen LogP contribution >= 0.6 is 11.3 Å². The molecule has 1 aromatic heterocycles. The number of thiophene rings is 1. The van der Waals surface area contributed by atoms with Crippen LogP contribution in [0, 0.1) is 5.92 Å². The summed E-state index contributed by atoms with van der Waals surface area (Å²) in [5.74, 6) is 0.0996. The molecule has 35 heavy (non-hydrogen) atoms. The summed E-state index contributed by atoms with van der Waals surface area (Å²) in [4.78, 5) is 24.8. The van der Waals surface area contributed by atoms with Crippen LogP contribution in [-0.4, -0.2) is 37.7 Å². The lowest BCUT2D eigenvalue weighted by atomic mass is 9.87. The van der Waals surface area contributed by atoms with E-state index in [9.17, 15) is 13.8 Å². The number of hydrogen-bond acceptors (Lipinski definition) is 6. The van der Waals surface area contributed by atoms with Gasteiger partial charge in [0.1, 0.15) is 12.3 Å². The predicted molar refractivity (Wildman–Crippen MR) is 140 cm³/mol. The van der Waals surface area contributed by atoms with Gasteiger partial charge in [0.15, 0.2) is 11.1 Å². The number of rotatable bonds is 9. The Balaban J connectivity index is 1.51. The molecule has 1 aliphatic heterocycles. The van der Waals surface area contributed by atoms with E-state index in [1.165, 1.54) is 11.3 Å². The number of carbonyl (C=O) groups excluding carboxylic acids is 2. The van der Waals surface area contributed by atoms with Crippen molar-refractivity contribution in [2.24, 2.45) is 11.0 Å². The summed E-state index contributed by atoms with van der Waals surface area (Å²) in [5.41, 5.74) is 4.34. The summed E-state index contributed by atoms with van der Waals surface area (Å²) in [5, 5.41) is 11.5. The lowest BCUT2D eigenvalue weighted by Crippen LogP contribution is -2.41. The molecule has 2 heterocycles. The van der Waals surface area contributed by atoms with Crippen LogP contribution in [0.4, 0.5) is 5.69 Å². The molecule has 1 amide bonds. The fourth-order valence-electron chi connectivity index (χ4n) is 4.15. The Kier molecular flexibility index (Phi) is 8.22. The van der Waals surface area contributed by atoms with E-state index in [0.717, 1.165) is 35.1 Å². The van der Waals surface area contributed by atoms with Gasteiger partial charge in [-0.15, -0.1) is 11.3 Å². The zero-order valence-corrected chi connectivity index (χ0v) is 20.9. The maximum absolute atomic E-state index is 12.3. The van der Waals surface area contributed by atoms with Crippen molar-refractivity contribution in [3.63, 3.8) is 0 Å². The Morgan fingerprint density at radius 2 is 1.89 bits per heavy atom. The highest BCUT2D eigenvalue weighted by Gasteiger charge is 2.30. The van der Waals surface area contributed by atoms with E-state index in [-0.39, 0.29) is 23.6 Å². The number of nitrogens with one attached hydrogen (secondary N) is 1. The lowest BCUT2D eigenvalue weighted by molar-refractivity contribution is -0.113. The Hall–Kier alpha value is -3.14. The molecule has 3 atom stereocenters. The molecular formula is C26H27N3O4S2. The molecule has 3 unspecified atom stereocenters. The van der Waals surface area contributed by atoms with Crippen LogP contribution in [0.5, 0.6) is 0 Å². The maximum Gasteiger partial charge on any atom is 0.265 e. The highest BCUT2D eigenvalue weighted by molar-refractivity contribution is 7.78. The van der Waals surface area contributed by atoms with E-state index in [1.807, 2.05) is 65.0 Å². The van der Waals surface area contributed by atoms with Crippen molar-refractivity contribution >= 4 is 46.0 Å². The van der Waals surface area contributed by atoms with Crippen molar-refractivity contribution in [3.05, 3.63) is 87.6 Å². The van der Waals surface area contributed by atoms with Gasteiger partial charge >= 0.3 is 0 Å². The molecule has 0 radical (unpaired) electrons. The number of anilines is 1. The zero-order chi connectivity index (χ0) is 24.8. The van der Waals surface area contributed by atoms with E-state index >= 15 is 0 Å². The molecule has 0 spiro atoms. The Bertz CT molecular complexity index is 1210. The van der Waals surface area contributed by atoms with Gasteiger partial charge in [-0.1, -0.05) is 49.4 Å². The van der Waals surface area contributed by atoms with Crippen LogP contribution in [0.1, 0.15) is 46.1 Å². The van der Waals surface area contributed by atoms with Gasteiger partial charge in [-0.05, 0) is 53.1 Å². The molecule has 9 heteroatoms. The summed E-state index contributed by atoms with van der Waals surface area (Å²) >= 11 is -0.492. The molecule has 1 aliphatic rings. The van der Waals surface area contributed by atoms with Gasteiger partial charge in [-0.3, -0.25) is 9.80 Å². The lowest BCUT2D eigenvalue weighted by Gasteiger charge is -2.35. The topological polar surface area (TPSA) is 99.1 Å². The minimum absolute atomic E-state index is 0.0904. The smallest absolute Gasteiger partial charge is 0.265 e. The van der Waals surface area contributed by atoms with Gasteiger partial charge < -0.3 is 14.7 Å². The third kappa shape index (κ3) is 6.30. The summed E-state index contributed by atoms with van der Waals surface area (Å²) in [6.07, 6.45) is 2.49. The third-order valence-corrected chi connectivity index (χ3v) is 7.47. The van der Waals surface area contributed by atoms with Crippen molar-refractivity contribution in [1.29, 1.82) is 0 Å². The Morgan fingerprint density at radius 3 is 2.49 bits per heavy atom. The van der Waals surface area contributed by atoms with E-state index in [0.29, 0.717) is 23.5 Å². The van der Waals surface area contributed by atoms with Crippen LogP contribution in [0.2, 0.25) is 0 Å². The number of carbonyl (C=O) groups is 2.